The van der Waals surface area contributed by atoms with E-state index in [0.29, 0.717) is 19.5 Å². The third kappa shape index (κ3) is 4.86. The van der Waals surface area contributed by atoms with E-state index in [2.05, 4.69) is 5.32 Å². The van der Waals surface area contributed by atoms with E-state index in [0.717, 1.165) is 19.3 Å². The van der Waals surface area contributed by atoms with Crippen molar-refractivity contribution in [1.29, 1.82) is 0 Å². The molecule has 2 rings (SSSR count). The maximum atomic E-state index is 11.9. The van der Waals surface area contributed by atoms with Gasteiger partial charge >= 0.3 is 11.8 Å². The molecule has 2 amide bonds. The van der Waals surface area contributed by atoms with E-state index < -0.39 is 17.9 Å². The van der Waals surface area contributed by atoms with Gasteiger partial charge in [-0.25, -0.2) is 0 Å². The van der Waals surface area contributed by atoms with Gasteiger partial charge in [-0.3, -0.25) is 9.59 Å². The topological polar surface area (TPSA) is 69.6 Å². The Balaban J connectivity index is 1.68. The van der Waals surface area contributed by atoms with Crippen molar-refractivity contribution in [3.05, 3.63) is 35.9 Å². The molecule has 114 valence electrons. The number of nitrogens with zero attached hydrogens (tertiary/aromatic N) is 1. The molecule has 0 saturated carbocycles. The molecule has 5 heteroatoms. The monoisotopic (exact) mass is 290 g/mol. The van der Waals surface area contributed by atoms with Gasteiger partial charge in [0.25, 0.3) is 0 Å². The summed E-state index contributed by atoms with van der Waals surface area (Å²) in [5.74, 6) is -1.11. The predicted molar refractivity (Wildman–Crippen MR) is 79.6 cm³/mol. The lowest BCUT2D eigenvalue weighted by atomic mass is 10.1. The zero-order chi connectivity index (χ0) is 15.1. The summed E-state index contributed by atoms with van der Waals surface area (Å²) in [6, 6.07) is 10.0. The van der Waals surface area contributed by atoms with Crippen LogP contribution >= 0.6 is 0 Å². The smallest absolute Gasteiger partial charge is 0.311 e. The van der Waals surface area contributed by atoms with E-state index in [-0.39, 0.29) is 6.54 Å². The molecule has 1 aromatic rings. The molecule has 0 radical (unpaired) electrons. The predicted octanol–water partition coefficient (Wildman–Crippen LogP) is 0.719. The number of aryl methyl sites for hydroxylation is 1. The highest BCUT2D eigenvalue weighted by atomic mass is 16.3. The fourth-order valence-electron chi connectivity index (χ4n) is 2.50. The summed E-state index contributed by atoms with van der Waals surface area (Å²) in [7, 11) is 0. The molecule has 2 N–H and O–H groups in total. The van der Waals surface area contributed by atoms with Crippen LogP contribution in [0, 0.1) is 0 Å². The van der Waals surface area contributed by atoms with Gasteiger partial charge in [0.05, 0.1) is 6.10 Å². The summed E-state index contributed by atoms with van der Waals surface area (Å²) in [5.41, 5.74) is 1.22. The summed E-state index contributed by atoms with van der Waals surface area (Å²) in [6.45, 7) is 1.29. The lowest BCUT2D eigenvalue weighted by Gasteiger charge is -2.29. The Morgan fingerprint density at radius 2 is 2.05 bits per heavy atom. The van der Waals surface area contributed by atoms with E-state index >= 15 is 0 Å². The fraction of sp³-hybridized carbons (Fsp3) is 0.500. The summed E-state index contributed by atoms with van der Waals surface area (Å²) < 4.78 is 0. The first-order valence-electron chi connectivity index (χ1n) is 7.46. The molecule has 1 unspecified atom stereocenters. The van der Waals surface area contributed by atoms with Crippen molar-refractivity contribution in [2.75, 3.05) is 19.6 Å². The van der Waals surface area contributed by atoms with Gasteiger partial charge in [0.15, 0.2) is 0 Å². The number of aliphatic hydroxyl groups is 1. The molecular weight excluding hydrogens is 268 g/mol. The van der Waals surface area contributed by atoms with Crippen LogP contribution in [0.15, 0.2) is 30.3 Å². The van der Waals surface area contributed by atoms with Crippen LogP contribution in [0.2, 0.25) is 0 Å². The Morgan fingerprint density at radius 3 is 2.76 bits per heavy atom. The summed E-state index contributed by atoms with van der Waals surface area (Å²) >= 11 is 0. The van der Waals surface area contributed by atoms with Gasteiger partial charge in [-0.15, -0.1) is 0 Å². The van der Waals surface area contributed by atoms with E-state index in [1.807, 2.05) is 30.3 Å². The molecule has 0 aromatic heterocycles. The van der Waals surface area contributed by atoms with E-state index in [1.165, 1.54) is 10.5 Å². The largest absolute Gasteiger partial charge is 0.391 e. The van der Waals surface area contributed by atoms with Crippen molar-refractivity contribution in [2.24, 2.45) is 0 Å². The van der Waals surface area contributed by atoms with Crippen LogP contribution in [0.4, 0.5) is 0 Å². The second-order valence-electron chi connectivity index (χ2n) is 5.39. The Bertz CT molecular complexity index is 476. The molecule has 1 aliphatic rings. The number of β-amino-alcohol motifs (C(OH)–C–C–N with tert-alkyl or cyclic N) is 1. The number of carbonyl (C=O) groups excluding carboxylic acids is 2. The van der Waals surface area contributed by atoms with Crippen LogP contribution in [-0.4, -0.2) is 47.6 Å². The average molecular weight is 290 g/mol. The Morgan fingerprint density at radius 1 is 1.29 bits per heavy atom. The minimum absolute atomic E-state index is 0.260. The van der Waals surface area contributed by atoms with Gasteiger partial charge in [0, 0.05) is 19.6 Å². The molecular formula is C16H22N2O3. The van der Waals surface area contributed by atoms with Crippen LogP contribution in [0.25, 0.3) is 0 Å². The standard InChI is InChI=1S/C16H22N2O3/c19-14-9-5-11-18(12-14)16(21)15(20)17-10-4-8-13-6-2-1-3-7-13/h1-3,6-7,14,19H,4-5,8-12H2,(H,17,20). The molecule has 0 spiro atoms. The lowest BCUT2D eigenvalue weighted by Crippen LogP contribution is -2.48. The molecule has 21 heavy (non-hydrogen) atoms. The summed E-state index contributed by atoms with van der Waals surface area (Å²) in [5, 5.41) is 12.2. The second kappa shape index (κ2) is 7.78. The minimum Gasteiger partial charge on any atom is -0.391 e. The summed E-state index contributed by atoms with van der Waals surface area (Å²) in [6.07, 6.45) is 2.61. The first-order chi connectivity index (χ1) is 10.2. The number of benzene rings is 1. The van der Waals surface area contributed by atoms with E-state index in [4.69, 9.17) is 0 Å². The molecule has 1 atom stereocenters. The number of likely N-dealkylation sites (tertiary alicyclic amines) is 1. The number of rotatable bonds is 4. The highest BCUT2D eigenvalue weighted by Gasteiger charge is 2.26. The molecule has 1 heterocycles. The Kier molecular flexibility index (Phi) is 5.75. The van der Waals surface area contributed by atoms with E-state index in [1.54, 1.807) is 0 Å². The fourth-order valence-corrected chi connectivity index (χ4v) is 2.50. The van der Waals surface area contributed by atoms with Crippen molar-refractivity contribution < 1.29 is 14.7 Å². The number of piperidine rings is 1. The van der Waals surface area contributed by atoms with Gasteiger partial charge in [0.1, 0.15) is 0 Å². The van der Waals surface area contributed by atoms with Gasteiger partial charge in [-0.1, -0.05) is 30.3 Å². The summed E-state index contributed by atoms with van der Waals surface area (Å²) in [4.78, 5) is 25.1. The maximum absolute atomic E-state index is 11.9. The van der Waals surface area contributed by atoms with Crippen LogP contribution in [0.3, 0.4) is 0 Å². The van der Waals surface area contributed by atoms with E-state index in [9.17, 15) is 14.7 Å². The normalized spacial score (nSPS) is 18.3. The first kappa shape index (κ1) is 15.5. The number of nitrogens with one attached hydrogen (secondary N) is 1. The maximum Gasteiger partial charge on any atom is 0.311 e. The number of carbonyl (C=O) groups is 2. The highest BCUT2D eigenvalue weighted by Crippen LogP contribution is 2.09. The number of hydrogen-bond donors (Lipinski definition) is 2. The lowest BCUT2D eigenvalue weighted by molar-refractivity contribution is -0.147. The molecule has 1 aliphatic heterocycles. The van der Waals surface area contributed by atoms with Crippen LogP contribution < -0.4 is 5.32 Å². The minimum atomic E-state index is -0.572. The van der Waals surface area contributed by atoms with Crippen molar-refractivity contribution in [3.8, 4) is 0 Å². The van der Waals surface area contributed by atoms with Crippen molar-refractivity contribution in [3.63, 3.8) is 0 Å². The first-order valence-corrected chi connectivity index (χ1v) is 7.46. The van der Waals surface area contributed by atoms with Crippen molar-refractivity contribution >= 4 is 11.8 Å². The second-order valence-corrected chi connectivity index (χ2v) is 5.39. The molecule has 1 saturated heterocycles. The molecule has 0 aliphatic carbocycles. The average Bonchev–Trinajstić information content (AvgIpc) is 2.51. The number of aliphatic hydroxyl groups excluding tert-OH is 1. The quantitative estimate of drug-likeness (QED) is 0.634. The molecule has 0 bridgehead atoms. The third-order valence-electron chi connectivity index (χ3n) is 3.65. The zero-order valence-corrected chi connectivity index (χ0v) is 12.1. The van der Waals surface area contributed by atoms with Crippen molar-refractivity contribution in [2.45, 2.75) is 31.8 Å². The third-order valence-corrected chi connectivity index (χ3v) is 3.65. The SMILES string of the molecule is O=C(NCCCc1ccccc1)C(=O)N1CCCC(O)C1. The van der Waals surface area contributed by atoms with Gasteiger partial charge in [0.2, 0.25) is 0 Å². The van der Waals surface area contributed by atoms with Crippen LogP contribution in [-0.2, 0) is 16.0 Å². The zero-order valence-electron chi connectivity index (χ0n) is 12.1. The molecule has 1 fully saturated rings. The number of amides is 2. The Hall–Kier alpha value is -1.88. The van der Waals surface area contributed by atoms with Gasteiger partial charge in [-0.05, 0) is 31.2 Å². The molecule has 1 aromatic carbocycles. The highest BCUT2D eigenvalue weighted by molar-refractivity contribution is 6.35. The van der Waals surface area contributed by atoms with Crippen LogP contribution in [0.1, 0.15) is 24.8 Å². The van der Waals surface area contributed by atoms with Crippen molar-refractivity contribution in [1.82, 2.24) is 10.2 Å². The van der Waals surface area contributed by atoms with Gasteiger partial charge < -0.3 is 15.3 Å². The Labute approximate surface area is 125 Å². The van der Waals surface area contributed by atoms with Gasteiger partial charge in [-0.2, -0.15) is 0 Å². The van der Waals surface area contributed by atoms with Crippen LogP contribution in [0.5, 0.6) is 0 Å². The molecule has 5 nitrogen and oxygen atoms in total. The number of hydrogen-bond acceptors (Lipinski definition) is 3.